The molecule has 1 saturated heterocycles. The van der Waals surface area contributed by atoms with Gasteiger partial charge in [0.25, 0.3) is 0 Å². The second-order valence-corrected chi connectivity index (χ2v) is 9.49. The molecular formula is C25H21BrClF4N3O2. The minimum absolute atomic E-state index is 0.0151. The predicted octanol–water partition coefficient (Wildman–Crippen LogP) is 7.32. The molecule has 5 nitrogen and oxygen atoms in total. The highest BCUT2D eigenvalue weighted by molar-refractivity contribution is 9.10. The summed E-state index contributed by atoms with van der Waals surface area (Å²) < 4.78 is 59.2. The SMILES string of the molecule is Oc1c(/C=C\Nc2ncc(F)c(C3CCOCC3)n2)cc(Br)c(Cc2cccc(C(F)(F)F)c2)c1Cl. The highest BCUT2D eigenvalue weighted by atomic mass is 79.9. The zero-order chi connectivity index (χ0) is 25.9. The van der Waals surface area contributed by atoms with Crippen molar-refractivity contribution in [3.05, 3.63) is 86.0 Å². The number of aromatic hydroxyl groups is 1. The molecule has 36 heavy (non-hydrogen) atoms. The molecule has 0 saturated carbocycles. The van der Waals surface area contributed by atoms with E-state index in [1.165, 1.54) is 18.3 Å². The molecule has 4 rings (SSSR count). The number of hydrogen-bond donors (Lipinski definition) is 2. The third-order valence-electron chi connectivity index (χ3n) is 5.81. The number of nitrogens with one attached hydrogen (secondary N) is 1. The van der Waals surface area contributed by atoms with E-state index in [9.17, 15) is 22.7 Å². The number of ether oxygens (including phenoxy) is 1. The van der Waals surface area contributed by atoms with Crippen LogP contribution in [0.3, 0.4) is 0 Å². The van der Waals surface area contributed by atoms with Crippen LogP contribution in [-0.4, -0.2) is 28.3 Å². The lowest BCUT2D eigenvalue weighted by Crippen LogP contribution is -2.17. The summed E-state index contributed by atoms with van der Waals surface area (Å²) in [6.45, 7) is 1.10. The lowest BCUT2D eigenvalue weighted by atomic mass is 9.96. The minimum atomic E-state index is -4.46. The molecule has 2 heterocycles. The molecular weight excluding hydrogens is 566 g/mol. The Labute approximate surface area is 218 Å². The third-order valence-corrected chi connectivity index (χ3v) is 6.92. The number of aromatic nitrogens is 2. The molecule has 0 spiro atoms. The number of phenols is 1. The standard InChI is InChI=1S/C25H21BrClF4N3O2/c26-19-12-16(4-7-32-24-33-13-20(28)22(34-24)15-5-8-36-9-6-15)23(35)21(27)18(19)11-14-2-1-3-17(10-14)25(29,30)31/h1-4,7,10,12-13,15,35H,5-6,8-9,11H2,(H,32,33,34)/b7-4-. The Kier molecular flexibility index (Phi) is 8.17. The van der Waals surface area contributed by atoms with Crippen LogP contribution >= 0.6 is 27.5 Å². The van der Waals surface area contributed by atoms with Crippen molar-refractivity contribution in [3.63, 3.8) is 0 Å². The fourth-order valence-corrected chi connectivity index (χ4v) is 4.91. The summed E-state index contributed by atoms with van der Waals surface area (Å²) >= 11 is 9.77. The van der Waals surface area contributed by atoms with Crippen LogP contribution < -0.4 is 5.32 Å². The van der Waals surface area contributed by atoms with Crippen molar-refractivity contribution in [2.24, 2.45) is 0 Å². The van der Waals surface area contributed by atoms with Crippen molar-refractivity contribution < 1.29 is 27.4 Å². The van der Waals surface area contributed by atoms with Gasteiger partial charge in [-0.1, -0.05) is 45.7 Å². The largest absolute Gasteiger partial charge is 0.506 e. The molecule has 0 atom stereocenters. The van der Waals surface area contributed by atoms with Crippen molar-refractivity contribution in [1.82, 2.24) is 9.97 Å². The van der Waals surface area contributed by atoms with E-state index >= 15 is 0 Å². The van der Waals surface area contributed by atoms with E-state index in [2.05, 4.69) is 31.2 Å². The zero-order valence-corrected chi connectivity index (χ0v) is 21.1. The summed E-state index contributed by atoms with van der Waals surface area (Å²) in [4.78, 5) is 8.24. The van der Waals surface area contributed by atoms with Crippen molar-refractivity contribution in [1.29, 1.82) is 0 Å². The quantitative estimate of drug-likeness (QED) is 0.296. The summed E-state index contributed by atoms with van der Waals surface area (Å²) in [5, 5.41) is 13.5. The Bertz CT molecular complexity index is 1280. The van der Waals surface area contributed by atoms with Gasteiger partial charge in [0.15, 0.2) is 5.82 Å². The molecule has 0 bridgehead atoms. The highest BCUT2D eigenvalue weighted by Gasteiger charge is 2.30. The van der Waals surface area contributed by atoms with Crippen molar-refractivity contribution in [2.45, 2.75) is 31.4 Å². The fourth-order valence-electron chi connectivity index (χ4n) is 3.93. The summed E-state index contributed by atoms with van der Waals surface area (Å²) in [6.07, 6.45) is 1.10. The number of rotatable bonds is 6. The molecule has 0 unspecified atom stereocenters. The van der Waals surface area contributed by atoms with Gasteiger partial charge in [-0.2, -0.15) is 13.2 Å². The van der Waals surface area contributed by atoms with Crippen LogP contribution in [0, 0.1) is 5.82 Å². The van der Waals surface area contributed by atoms with Crippen molar-refractivity contribution in [2.75, 3.05) is 18.5 Å². The first kappa shape index (κ1) is 26.4. The normalized spacial score (nSPS) is 14.9. The maximum absolute atomic E-state index is 14.2. The van der Waals surface area contributed by atoms with E-state index in [0.29, 0.717) is 52.9 Å². The first-order chi connectivity index (χ1) is 17.1. The van der Waals surface area contributed by atoms with Gasteiger partial charge in [-0.15, -0.1) is 0 Å². The Morgan fingerprint density at radius 2 is 1.97 bits per heavy atom. The van der Waals surface area contributed by atoms with E-state index in [1.54, 1.807) is 12.1 Å². The number of nitrogens with zero attached hydrogens (tertiary/aromatic N) is 2. The molecule has 1 aliphatic heterocycles. The van der Waals surface area contributed by atoms with Gasteiger partial charge in [0.1, 0.15) is 5.75 Å². The van der Waals surface area contributed by atoms with Gasteiger partial charge in [-0.05, 0) is 42.2 Å². The number of alkyl halides is 3. The van der Waals surface area contributed by atoms with Gasteiger partial charge in [0.05, 0.1) is 22.5 Å². The van der Waals surface area contributed by atoms with Gasteiger partial charge in [0.2, 0.25) is 5.95 Å². The Morgan fingerprint density at radius 3 is 2.69 bits per heavy atom. The summed E-state index contributed by atoms with van der Waals surface area (Å²) in [6, 6.07) is 6.53. The number of hydrogen-bond acceptors (Lipinski definition) is 5. The van der Waals surface area contributed by atoms with Gasteiger partial charge >= 0.3 is 6.18 Å². The van der Waals surface area contributed by atoms with Crippen LogP contribution in [0.15, 0.2) is 47.2 Å². The van der Waals surface area contributed by atoms with Crippen molar-refractivity contribution >= 4 is 39.6 Å². The molecule has 3 aromatic rings. The fraction of sp³-hybridized carbons (Fsp3) is 0.280. The lowest BCUT2D eigenvalue weighted by molar-refractivity contribution is -0.137. The monoisotopic (exact) mass is 585 g/mol. The Balaban J connectivity index is 1.51. The third kappa shape index (κ3) is 6.16. The Morgan fingerprint density at radius 1 is 1.22 bits per heavy atom. The van der Waals surface area contributed by atoms with E-state index in [0.717, 1.165) is 18.3 Å². The number of halogens is 6. The van der Waals surface area contributed by atoms with E-state index in [4.69, 9.17) is 16.3 Å². The molecule has 2 aromatic carbocycles. The average Bonchev–Trinajstić information content (AvgIpc) is 2.86. The highest BCUT2D eigenvalue weighted by Crippen LogP contribution is 2.39. The van der Waals surface area contributed by atoms with Crippen LogP contribution in [0.1, 0.15) is 46.7 Å². The van der Waals surface area contributed by atoms with Crippen molar-refractivity contribution in [3.8, 4) is 5.75 Å². The minimum Gasteiger partial charge on any atom is -0.506 e. The van der Waals surface area contributed by atoms with E-state index in [-0.39, 0.29) is 29.1 Å². The summed E-state index contributed by atoms with van der Waals surface area (Å²) in [5.74, 6) is -0.557. The summed E-state index contributed by atoms with van der Waals surface area (Å²) in [5.41, 5.74) is 0.757. The topological polar surface area (TPSA) is 67.3 Å². The first-order valence-corrected chi connectivity index (χ1v) is 12.2. The van der Waals surface area contributed by atoms with Crippen LogP contribution in [0.5, 0.6) is 5.75 Å². The molecule has 11 heteroatoms. The van der Waals surface area contributed by atoms with Gasteiger partial charge in [-0.25, -0.2) is 14.4 Å². The molecule has 0 radical (unpaired) electrons. The second-order valence-electron chi connectivity index (χ2n) is 8.25. The van der Waals surface area contributed by atoms with Crippen LogP contribution in [-0.2, 0) is 17.3 Å². The number of benzene rings is 2. The van der Waals surface area contributed by atoms with Crippen LogP contribution in [0.25, 0.3) is 6.08 Å². The molecule has 2 N–H and O–H groups in total. The molecule has 0 amide bonds. The molecule has 0 aliphatic carbocycles. The first-order valence-electron chi connectivity index (χ1n) is 11.0. The van der Waals surface area contributed by atoms with Crippen LogP contribution in [0.4, 0.5) is 23.5 Å². The lowest BCUT2D eigenvalue weighted by Gasteiger charge is -2.21. The molecule has 1 aromatic heterocycles. The smallest absolute Gasteiger partial charge is 0.416 e. The molecule has 1 fully saturated rings. The van der Waals surface area contributed by atoms with Gasteiger partial charge < -0.3 is 15.2 Å². The number of phenolic OH excluding ortho intramolecular Hbond substituents is 1. The summed E-state index contributed by atoms with van der Waals surface area (Å²) in [7, 11) is 0. The molecule has 1 aliphatic rings. The maximum Gasteiger partial charge on any atom is 0.416 e. The van der Waals surface area contributed by atoms with Crippen LogP contribution in [0.2, 0.25) is 5.02 Å². The van der Waals surface area contributed by atoms with E-state index < -0.39 is 17.6 Å². The maximum atomic E-state index is 14.2. The Hall–Kier alpha value is -2.69. The predicted molar refractivity (Wildman–Crippen MR) is 133 cm³/mol. The average molecular weight is 587 g/mol. The van der Waals surface area contributed by atoms with Gasteiger partial charge in [0, 0.05) is 41.8 Å². The number of anilines is 1. The second kappa shape index (κ2) is 11.1. The molecule has 190 valence electrons. The van der Waals surface area contributed by atoms with E-state index in [1.807, 2.05) is 0 Å². The zero-order valence-electron chi connectivity index (χ0n) is 18.7. The van der Waals surface area contributed by atoms with Gasteiger partial charge in [-0.3, -0.25) is 0 Å².